The fraction of sp³-hybridized carbons (Fsp3) is 0.857. The molecule has 0 bridgehead atoms. The summed E-state index contributed by atoms with van der Waals surface area (Å²) in [5, 5.41) is 6.10. The van der Waals surface area contributed by atoms with E-state index < -0.39 is 0 Å². The molecule has 2 heterocycles. The number of hydrogen-bond acceptors (Lipinski definition) is 3. The minimum absolute atomic E-state index is 0.00921. The van der Waals surface area contributed by atoms with Crippen LogP contribution in [-0.4, -0.2) is 37.7 Å². The lowest BCUT2D eigenvalue weighted by Gasteiger charge is -2.35. The highest BCUT2D eigenvalue weighted by Gasteiger charge is 2.31. The number of nitrogens with one attached hydrogen (secondary N) is 2. The Morgan fingerprint density at radius 3 is 3.36 bits per heavy atom. The van der Waals surface area contributed by atoms with Crippen molar-refractivity contribution in [1.82, 2.24) is 10.6 Å². The number of hydrogen-bond donors (Lipinski definition) is 2. The summed E-state index contributed by atoms with van der Waals surface area (Å²) < 4.78 is 5.34. The molecule has 2 N–H and O–H groups in total. The average molecular weight is 156 g/mol. The molecule has 11 heavy (non-hydrogen) atoms. The van der Waals surface area contributed by atoms with Gasteiger partial charge in [0.2, 0.25) is 5.91 Å². The van der Waals surface area contributed by atoms with Crippen LogP contribution in [0.4, 0.5) is 0 Å². The van der Waals surface area contributed by atoms with Gasteiger partial charge in [0.1, 0.15) is 6.61 Å². The predicted molar refractivity (Wildman–Crippen MR) is 39.2 cm³/mol. The number of carbonyl (C=O) groups is 1. The Balaban J connectivity index is 1.98. The van der Waals surface area contributed by atoms with Crippen LogP contribution in [0.5, 0.6) is 0 Å². The zero-order chi connectivity index (χ0) is 7.68. The molecule has 2 rings (SSSR count). The lowest BCUT2D eigenvalue weighted by atomic mass is 10.0. The zero-order valence-corrected chi connectivity index (χ0v) is 6.30. The number of ether oxygens (including phenoxy) is 1. The van der Waals surface area contributed by atoms with Crippen LogP contribution < -0.4 is 10.6 Å². The smallest absolute Gasteiger partial charge is 0.246 e. The molecule has 1 amide bonds. The van der Waals surface area contributed by atoms with Crippen molar-refractivity contribution in [3.63, 3.8) is 0 Å². The molecule has 2 aliphatic rings. The number of piperidine rings is 1. The molecule has 0 aromatic rings. The number of amides is 1. The van der Waals surface area contributed by atoms with Gasteiger partial charge in [-0.1, -0.05) is 0 Å². The molecule has 0 radical (unpaired) electrons. The molecule has 4 heteroatoms. The fourth-order valence-electron chi connectivity index (χ4n) is 1.61. The van der Waals surface area contributed by atoms with Crippen molar-refractivity contribution in [1.29, 1.82) is 0 Å². The molecule has 0 unspecified atom stereocenters. The van der Waals surface area contributed by atoms with Crippen LogP contribution in [0.2, 0.25) is 0 Å². The molecule has 2 atom stereocenters. The van der Waals surface area contributed by atoms with Crippen molar-refractivity contribution in [2.45, 2.75) is 18.6 Å². The van der Waals surface area contributed by atoms with Gasteiger partial charge in [0.15, 0.2) is 0 Å². The Hall–Kier alpha value is -0.610. The molecular formula is C7H12N2O2. The lowest BCUT2D eigenvalue weighted by molar-refractivity contribution is -0.138. The van der Waals surface area contributed by atoms with E-state index in [-0.39, 0.29) is 24.7 Å². The van der Waals surface area contributed by atoms with E-state index in [1.165, 1.54) is 0 Å². The van der Waals surface area contributed by atoms with Gasteiger partial charge < -0.3 is 15.4 Å². The second-order valence-electron chi connectivity index (χ2n) is 3.02. The van der Waals surface area contributed by atoms with Crippen LogP contribution in [-0.2, 0) is 9.53 Å². The van der Waals surface area contributed by atoms with Gasteiger partial charge in [-0.2, -0.15) is 0 Å². The summed E-state index contributed by atoms with van der Waals surface area (Å²) in [7, 11) is 0. The molecule has 62 valence electrons. The predicted octanol–water partition coefficient (Wildman–Crippen LogP) is -1.14. The second-order valence-corrected chi connectivity index (χ2v) is 3.02. The average Bonchev–Trinajstić information content (AvgIpc) is 2.04. The van der Waals surface area contributed by atoms with Crippen LogP contribution in [0.3, 0.4) is 0 Å². The molecular weight excluding hydrogens is 144 g/mol. The summed E-state index contributed by atoms with van der Waals surface area (Å²) in [5.41, 5.74) is 0. The quantitative estimate of drug-likeness (QED) is 0.466. The SMILES string of the molecule is O=C1CO[C@H]2CCNC[C@H]2N1. The fourth-order valence-corrected chi connectivity index (χ4v) is 1.61. The molecule has 2 fully saturated rings. The van der Waals surface area contributed by atoms with E-state index in [0.29, 0.717) is 0 Å². The maximum absolute atomic E-state index is 10.9. The lowest BCUT2D eigenvalue weighted by Crippen LogP contribution is -2.59. The van der Waals surface area contributed by atoms with Crippen molar-refractivity contribution in [2.75, 3.05) is 19.7 Å². The molecule has 0 spiro atoms. The van der Waals surface area contributed by atoms with Gasteiger partial charge in [0, 0.05) is 6.54 Å². The van der Waals surface area contributed by atoms with Crippen LogP contribution in [0.1, 0.15) is 6.42 Å². The Kier molecular flexibility index (Phi) is 1.79. The third-order valence-corrected chi connectivity index (χ3v) is 2.19. The molecule has 0 aromatic heterocycles. The summed E-state index contributed by atoms with van der Waals surface area (Å²) in [6.07, 6.45) is 1.25. The molecule has 2 aliphatic heterocycles. The molecule has 0 saturated carbocycles. The summed E-state index contributed by atoms with van der Waals surface area (Å²) in [4.78, 5) is 10.9. The highest BCUT2D eigenvalue weighted by molar-refractivity contribution is 5.78. The van der Waals surface area contributed by atoms with E-state index in [1.54, 1.807) is 0 Å². The van der Waals surface area contributed by atoms with Gasteiger partial charge in [0.05, 0.1) is 12.1 Å². The van der Waals surface area contributed by atoms with Crippen molar-refractivity contribution < 1.29 is 9.53 Å². The third kappa shape index (κ3) is 1.36. The van der Waals surface area contributed by atoms with E-state index in [2.05, 4.69) is 10.6 Å². The minimum atomic E-state index is 0.00921. The summed E-state index contributed by atoms with van der Waals surface area (Å²) in [6.45, 7) is 2.08. The van der Waals surface area contributed by atoms with Gasteiger partial charge in [-0.25, -0.2) is 0 Å². The van der Waals surface area contributed by atoms with E-state index in [0.717, 1.165) is 19.5 Å². The van der Waals surface area contributed by atoms with Crippen molar-refractivity contribution in [3.8, 4) is 0 Å². The monoisotopic (exact) mass is 156 g/mol. The van der Waals surface area contributed by atoms with Crippen LogP contribution >= 0.6 is 0 Å². The maximum Gasteiger partial charge on any atom is 0.246 e. The number of carbonyl (C=O) groups excluding carboxylic acids is 1. The van der Waals surface area contributed by atoms with Gasteiger partial charge in [-0.05, 0) is 13.0 Å². The Bertz CT molecular complexity index is 172. The Morgan fingerprint density at radius 1 is 1.55 bits per heavy atom. The Labute approximate surface area is 65.3 Å². The van der Waals surface area contributed by atoms with Gasteiger partial charge in [0.25, 0.3) is 0 Å². The minimum Gasteiger partial charge on any atom is -0.366 e. The van der Waals surface area contributed by atoms with Crippen molar-refractivity contribution >= 4 is 5.91 Å². The van der Waals surface area contributed by atoms with Crippen LogP contribution in [0.15, 0.2) is 0 Å². The number of fused-ring (bicyclic) bond motifs is 1. The second kappa shape index (κ2) is 2.79. The van der Waals surface area contributed by atoms with E-state index in [1.807, 2.05) is 0 Å². The summed E-state index contributed by atoms with van der Waals surface area (Å²) in [6, 6.07) is 0.199. The molecule has 0 aromatic carbocycles. The number of morpholine rings is 1. The van der Waals surface area contributed by atoms with Crippen molar-refractivity contribution in [3.05, 3.63) is 0 Å². The van der Waals surface area contributed by atoms with E-state index in [9.17, 15) is 4.79 Å². The van der Waals surface area contributed by atoms with Gasteiger partial charge >= 0.3 is 0 Å². The van der Waals surface area contributed by atoms with Crippen molar-refractivity contribution in [2.24, 2.45) is 0 Å². The van der Waals surface area contributed by atoms with Crippen LogP contribution in [0.25, 0.3) is 0 Å². The summed E-state index contributed by atoms with van der Waals surface area (Å²) >= 11 is 0. The van der Waals surface area contributed by atoms with E-state index in [4.69, 9.17) is 4.74 Å². The standard InChI is InChI=1S/C7H12N2O2/c10-7-4-11-6-1-2-8-3-5(6)9-7/h5-6,8H,1-4H2,(H,9,10)/t5-,6+/m1/s1. The maximum atomic E-state index is 10.9. The van der Waals surface area contributed by atoms with Gasteiger partial charge in [-0.3, -0.25) is 4.79 Å². The highest BCUT2D eigenvalue weighted by Crippen LogP contribution is 2.11. The topological polar surface area (TPSA) is 50.4 Å². The van der Waals surface area contributed by atoms with E-state index >= 15 is 0 Å². The molecule has 4 nitrogen and oxygen atoms in total. The first-order valence-corrected chi connectivity index (χ1v) is 3.98. The molecule has 2 saturated heterocycles. The highest BCUT2D eigenvalue weighted by atomic mass is 16.5. The van der Waals surface area contributed by atoms with Crippen LogP contribution in [0, 0.1) is 0 Å². The van der Waals surface area contributed by atoms with Gasteiger partial charge in [-0.15, -0.1) is 0 Å². The third-order valence-electron chi connectivity index (χ3n) is 2.19. The first-order chi connectivity index (χ1) is 5.36. The normalized spacial score (nSPS) is 37.6. The number of rotatable bonds is 0. The first kappa shape index (κ1) is 7.06. The largest absolute Gasteiger partial charge is 0.366 e. The molecule has 0 aliphatic carbocycles. The Morgan fingerprint density at radius 2 is 2.45 bits per heavy atom. The summed E-state index contributed by atoms with van der Waals surface area (Å²) in [5.74, 6) is 0.00921. The zero-order valence-electron chi connectivity index (χ0n) is 6.30. The first-order valence-electron chi connectivity index (χ1n) is 3.98.